The van der Waals surface area contributed by atoms with Crippen molar-refractivity contribution in [2.75, 3.05) is 29.6 Å². The molecule has 0 radical (unpaired) electrons. The number of carbonyl (C=O) groups is 1. The van der Waals surface area contributed by atoms with E-state index in [0.29, 0.717) is 11.4 Å². The van der Waals surface area contributed by atoms with Gasteiger partial charge in [0.2, 0.25) is 0 Å². The van der Waals surface area contributed by atoms with Gasteiger partial charge in [0.15, 0.2) is 0 Å². The normalized spacial score (nSPS) is 11.0. The summed E-state index contributed by atoms with van der Waals surface area (Å²) in [6, 6.07) is 12.5. The number of nitrogens with one attached hydrogen (secondary N) is 3. The summed E-state index contributed by atoms with van der Waals surface area (Å²) >= 11 is 0. The minimum Gasteiger partial charge on any atom is -0.496 e. The average molecular weight is 430 g/mol. The molecule has 0 bridgehead atoms. The predicted molar refractivity (Wildman–Crippen MR) is 114 cm³/mol. The zero-order chi connectivity index (χ0) is 22.4. The number of anilines is 3. The molecule has 1 heterocycles. The summed E-state index contributed by atoms with van der Waals surface area (Å²) in [6.45, 7) is 2.72. The Morgan fingerprint density at radius 3 is 2.32 bits per heavy atom. The zero-order valence-electron chi connectivity index (χ0n) is 16.9. The summed E-state index contributed by atoms with van der Waals surface area (Å²) in [5, 5.41) is 8.29. The molecule has 2 aromatic carbocycles. The predicted octanol–water partition coefficient (Wildman–Crippen LogP) is 5.85. The molecule has 6 nitrogen and oxygen atoms in total. The first-order valence-electron chi connectivity index (χ1n) is 9.43. The monoisotopic (exact) mass is 430 g/mol. The van der Waals surface area contributed by atoms with Gasteiger partial charge in [-0.3, -0.25) is 0 Å². The first-order chi connectivity index (χ1) is 14.8. The molecule has 0 fully saturated rings. The highest BCUT2D eigenvalue weighted by atomic mass is 19.4. The fourth-order valence-electron chi connectivity index (χ4n) is 2.92. The number of rotatable bonds is 6. The minimum atomic E-state index is -4.43. The van der Waals surface area contributed by atoms with E-state index in [2.05, 4.69) is 20.9 Å². The summed E-state index contributed by atoms with van der Waals surface area (Å²) in [7, 11) is 1.53. The molecule has 0 atom stereocenters. The molecule has 1 aromatic heterocycles. The fraction of sp³-hybridized carbons (Fsp3) is 0.182. The smallest absolute Gasteiger partial charge is 0.416 e. The third-order valence-electron chi connectivity index (χ3n) is 4.36. The van der Waals surface area contributed by atoms with Gasteiger partial charge >= 0.3 is 12.2 Å². The van der Waals surface area contributed by atoms with Crippen molar-refractivity contribution in [2.45, 2.75) is 13.1 Å². The summed E-state index contributed by atoms with van der Waals surface area (Å²) in [6.07, 6.45) is -2.74. The van der Waals surface area contributed by atoms with E-state index in [1.807, 2.05) is 19.1 Å². The van der Waals surface area contributed by atoms with Gasteiger partial charge in [0.1, 0.15) is 11.6 Å². The van der Waals surface area contributed by atoms with Crippen LogP contribution in [-0.2, 0) is 6.18 Å². The topological polar surface area (TPSA) is 75.3 Å². The number of hydrogen-bond donors (Lipinski definition) is 3. The highest BCUT2D eigenvalue weighted by Crippen LogP contribution is 2.33. The number of methoxy groups -OCH3 is 1. The number of hydrogen-bond acceptors (Lipinski definition) is 4. The number of pyridine rings is 1. The van der Waals surface area contributed by atoms with Crippen LogP contribution in [0.5, 0.6) is 5.75 Å². The number of ether oxygens (including phenoxy) is 1. The SMILES string of the molecule is CCNc1cc(-c2ccc(NC(=O)Nc3ccc(C(F)(F)F)cc3)cc2OC)ccn1. The number of urea groups is 1. The van der Waals surface area contributed by atoms with Crippen LogP contribution >= 0.6 is 0 Å². The lowest BCUT2D eigenvalue weighted by molar-refractivity contribution is -0.137. The third kappa shape index (κ3) is 5.65. The largest absolute Gasteiger partial charge is 0.496 e. The molecule has 0 spiro atoms. The molecule has 2 amide bonds. The Morgan fingerprint density at radius 2 is 1.68 bits per heavy atom. The van der Waals surface area contributed by atoms with Gasteiger partial charge in [0.25, 0.3) is 0 Å². The quantitative estimate of drug-likeness (QED) is 0.458. The minimum absolute atomic E-state index is 0.238. The van der Waals surface area contributed by atoms with Crippen molar-refractivity contribution in [3.63, 3.8) is 0 Å². The van der Waals surface area contributed by atoms with E-state index < -0.39 is 17.8 Å². The molecule has 3 rings (SSSR count). The maximum absolute atomic E-state index is 12.6. The molecule has 0 unspecified atom stereocenters. The van der Waals surface area contributed by atoms with Gasteiger partial charge in [-0.05, 0) is 61.0 Å². The van der Waals surface area contributed by atoms with Gasteiger partial charge in [0.05, 0.1) is 12.7 Å². The van der Waals surface area contributed by atoms with Crippen molar-refractivity contribution in [1.82, 2.24) is 4.98 Å². The van der Waals surface area contributed by atoms with Crippen LogP contribution in [0.1, 0.15) is 12.5 Å². The number of amides is 2. The van der Waals surface area contributed by atoms with Crippen molar-refractivity contribution in [3.8, 4) is 16.9 Å². The van der Waals surface area contributed by atoms with E-state index in [-0.39, 0.29) is 5.69 Å². The lowest BCUT2D eigenvalue weighted by Crippen LogP contribution is -2.19. The van der Waals surface area contributed by atoms with Gasteiger partial charge in [-0.25, -0.2) is 9.78 Å². The zero-order valence-corrected chi connectivity index (χ0v) is 16.9. The first-order valence-corrected chi connectivity index (χ1v) is 9.43. The average Bonchev–Trinajstić information content (AvgIpc) is 2.74. The van der Waals surface area contributed by atoms with Crippen LogP contribution in [0.25, 0.3) is 11.1 Å². The molecule has 162 valence electrons. The lowest BCUT2D eigenvalue weighted by atomic mass is 10.0. The van der Waals surface area contributed by atoms with E-state index in [4.69, 9.17) is 4.74 Å². The second-order valence-corrected chi connectivity index (χ2v) is 6.53. The fourth-order valence-corrected chi connectivity index (χ4v) is 2.92. The van der Waals surface area contributed by atoms with Gasteiger partial charge in [-0.2, -0.15) is 13.2 Å². The number of halogens is 3. The Labute approximate surface area is 177 Å². The van der Waals surface area contributed by atoms with Gasteiger partial charge < -0.3 is 20.7 Å². The van der Waals surface area contributed by atoms with Crippen LogP contribution in [0.3, 0.4) is 0 Å². The van der Waals surface area contributed by atoms with Crippen molar-refractivity contribution < 1.29 is 22.7 Å². The molecule has 3 aromatic rings. The Morgan fingerprint density at radius 1 is 1.00 bits per heavy atom. The highest BCUT2D eigenvalue weighted by molar-refractivity contribution is 6.00. The van der Waals surface area contributed by atoms with E-state index in [1.165, 1.54) is 19.2 Å². The van der Waals surface area contributed by atoms with Crippen molar-refractivity contribution in [2.24, 2.45) is 0 Å². The van der Waals surface area contributed by atoms with Crippen molar-refractivity contribution in [3.05, 3.63) is 66.4 Å². The summed E-state index contributed by atoms with van der Waals surface area (Å²) in [5.41, 5.74) is 1.63. The molecule has 9 heteroatoms. The van der Waals surface area contributed by atoms with Crippen LogP contribution in [0, 0.1) is 0 Å². The molecule has 0 aliphatic heterocycles. The lowest BCUT2D eigenvalue weighted by Gasteiger charge is -2.13. The molecule has 31 heavy (non-hydrogen) atoms. The van der Waals surface area contributed by atoms with Crippen molar-refractivity contribution in [1.29, 1.82) is 0 Å². The molecule has 0 aliphatic rings. The van der Waals surface area contributed by atoms with Gasteiger partial charge in [0, 0.05) is 35.7 Å². The van der Waals surface area contributed by atoms with E-state index >= 15 is 0 Å². The highest BCUT2D eigenvalue weighted by Gasteiger charge is 2.30. The molecule has 0 saturated carbocycles. The van der Waals surface area contributed by atoms with Crippen LogP contribution in [-0.4, -0.2) is 24.7 Å². The number of alkyl halides is 3. The van der Waals surface area contributed by atoms with Crippen LogP contribution in [0.15, 0.2) is 60.8 Å². The molecule has 3 N–H and O–H groups in total. The van der Waals surface area contributed by atoms with Crippen LogP contribution < -0.4 is 20.7 Å². The van der Waals surface area contributed by atoms with Crippen LogP contribution in [0.2, 0.25) is 0 Å². The maximum Gasteiger partial charge on any atom is 0.416 e. The summed E-state index contributed by atoms with van der Waals surface area (Å²) < 4.78 is 43.4. The number of benzene rings is 2. The maximum atomic E-state index is 12.6. The van der Waals surface area contributed by atoms with E-state index in [1.54, 1.807) is 24.4 Å². The van der Waals surface area contributed by atoms with E-state index in [0.717, 1.165) is 35.6 Å². The van der Waals surface area contributed by atoms with Crippen molar-refractivity contribution >= 4 is 23.2 Å². The Bertz CT molecular complexity index is 1050. The standard InChI is InChI=1S/C22H21F3N4O2/c1-3-26-20-12-14(10-11-27-20)18-9-8-17(13-19(18)31-2)29-21(30)28-16-6-4-15(5-7-16)22(23,24)25/h4-13H,3H2,1-2H3,(H,26,27)(H2,28,29,30). The number of carbonyl (C=O) groups excluding carboxylic acids is 1. The Kier molecular flexibility index (Phi) is 6.64. The number of aromatic nitrogens is 1. The van der Waals surface area contributed by atoms with Crippen LogP contribution in [0.4, 0.5) is 35.2 Å². The second kappa shape index (κ2) is 9.38. The Hall–Kier alpha value is -3.75. The number of nitrogens with zero attached hydrogens (tertiary/aromatic N) is 1. The first kappa shape index (κ1) is 21.9. The molecule has 0 aliphatic carbocycles. The molecular formula is C22H21F3N4O2. The molecule has 0 saturated heterocycles. The summed E-state index contributed by atoms with van der Waals surface area (Å²) in [4.78, 5) is 16.5. The van der Waals surface area contributed by atoms with Gasteiger partial charge in [-0.15, -0.1) is 0 Å². The third-order valence-corrected chi connectivity index (χ3v) is 4.36. The molecular weight excluding hydrogens is 409 g/mol. The Balaban J connectivity index is 1.72. The second-order valence-electron chi connectivity index (χ2n) is 6.53. The van der Waals surface area contributed by atoms with Gasteiger partial charge in [-0.1, -0.05) is 0 Å². The van der Waals surface area contributed by atoms with E-state index in [9.17, 15) is 18.0 Å². The summed E-state index contributed by atoms with van der Waals surface area (Å²) in [5.74, 6) is 1.28.